The average Bonchev–Trinajstić information content (AvgIpc) is 2.86. The van der Waals surface area contributed by atoms with Crippen LogP contribution in [-0.4, -0.2) is 65.5 Å². The van der Waals surface area contributed by atoms with Gasteiger partial charge in [0, 0.05) is 43.3 Å². The summed E-state index contributed by atoms with van der Waals surface area (Å²) in [7, 11) is 1.57. The van der Waals surface area contributed by atoms with Crippen LogP contribution in [0.4, 0.5) is 11.5 Å². The van der Waals surface area contributed by atoms with Crippen molar-refractivity contribution in [2.45, 2.75) is 37.8 Å². The van der Waals surface area contributed by atoms with E-state index in [1.807, 2.05) is 0 Å². The van der Waals surface area contributed by atoms with E-state index in [0.29, 0.717) is 16.7 Å². The SMILES string of the molecule is COc1c(Cl)ncnc1N[C@H]1CC[C@@H](Oc2cc(N3CCOCC3)cc3nccnc23)CC1. The minimum Gasteiger partial charge on any atom is -0.490 e. The fourth-order valence-corrected chi connectivity index (χ4v) is 4.67. The minimum absolute atomic E-state index is 0.115. The largest absolute Gasteiger partial charge is 0.490 e. The van der Waals surface area contributed by atoms with E-state index in [2.05, 4.69) is 42.3 Å². The monoisotopic (exact) mass is 470 g/mol. The second-order valence-corrected chi connectivity index (χ2v) is 8.61. The van der Waals surface area contributed by atoms with Crippen LogP contribution in [0.15, 0.2) is 30.9 Å². The van der Waals surface area contributed by atoms with Gasteiger partial charge in [-0.05, 0) is 31.7 Å². The lowest BCUT2D eigenvalue weighted by Gasteiger charge is -2.31. The van der Waals surface area contributed by atoms with Gasteiger partial charge >= 0.3 is 0 Å². The van der Waals surface area contributed by atoms with E-state index < -0.39 is 0 Å². The van der Waals surface area contributed by atoms with Gasteiger partial charge in [-0.3, -0.25) is 4.98 Å². The molecule has 0 spiro atoms. The van der Waals surface area contributed by atoms with Crippen LogP contribution >= 0.6 is 11.6 Å². The molecule has 0 radical (unpaired) electrons. The van der Waals surface area contributed by atoms with Crippen molar-refractivity contribution >= 4 is 34.1 Å². The highest BCUT2D eigenvalue weighted by molar-refractivity contribution is 6.31. The zero-order valence-corrected chi connectivity index (χ0v) is 19.3. The lowest BCUT2D eigenvalue weighted by atomic mass is 9.93. The zero-order valence-electron chi connectivity index (χ0n) is 18.5. The van der Waals surface area contributed by atoms with Gasteiger partial charge in [0.2, 0.25) is 0 Å². The molecule has 1 aliphatic carbocycles. The first-order valence-corrected chi connectivity index (χ1v) is 11.6. The Hall–Kier alpha value is -2.91. The Morgan fingerprint density at radius 1 is 1.03 bits per heavy atom. The molecular weight excluding hydrogens is 444 g/mol. The predicted molar refractivity (Wildman–Crippen MR) is 126 cm³/mol. The molecule has 0 atom stereocenters. The van der Waals surface area contributed by atoms with Gasteiger partial charge in [0.25, 0.3) is 0 Å². The number of aromatic nitrogens is 4. The Kier molecular flexibility index (Phi) is 6.59. The number of morpholine rings is 1. The Bertz CT molecular complexity index is 1100. The molecule has 3 heterocycles. The quantitative estimate of drug-likeness (QED) is 0.540. The van der Waals surface area contributed by atoms with Crippen LogP contribution < -0.4 is 19.7 Å². The van der Waals surface area contributed by atoms with Gasteiger partial charge in [0.1, 0.15) is 17.6 Å². The van der Waals surface area contributed by atoms with Crippen molar-refractivity contribution in [1.29, 1.82) is 0 Å². The normalized spacial score (nSPS) is 21.1. The van der Waals surface area contributed by atoms with Gasteiger partial charge in [0.05, 0.1) is 31.9 Å². The standard InChI is InChI=1S/C23H27ClN6O3/c1-31-21-22(24)27-14-28-23(21)29-15-2-4-17(5-3-15)33-19-13-16(30-8-10-32-11-9-30)12-18-20(19)26-7-6-25-18/h6-7,12-15,17H,2-5,8-11H2,1H3,(H,27,28,29)/t15-,17+. The van der Waals surface area contributed by atoms with E-state index >= 15 is 0 Å². The number of ether oxygens (including phenoxy) is 3. The molecule has 1 N–H and O–H groups in total. The third-order valence-corrected chi connectivity index (χ3v) is 6.44. The summed E-state index contributed by atoms with van der Waals surface area (Å²) >= 11 is 6.12. The average molecular weight is 471 g/mol. The number of methoxy groups -OCH3 is 1. The van der Waals surface area contributed by atoms with E-state index in [0.717, 1.165) is 74.5 Å². The van der Waals surface area contributed by atoms with E-state index in [4.69, 9.17) is 25.8 Å². The highest BCUT2D eigenvalue weighted by Crippen LogP contribution is 2.34. The molecular formula is C23H27ClN6O3. The van der Waals surface area contributed by atoms with E-state index in [-0.39, 0.29) is 12.1 Å². The molecule has 9 nitrogen and oxygen atoms in total. The molecule has 1 aromatic carbocycles. The van der Waals surface area contributed by atoms with Crippen molar-refractivity contribution < 1.29 is 14.2 Å². The van der Waals surface area contributed by atoms with Crippen LogP contribution in [-0.2, 0) is 4.74 Å². The summed E-state index contributed by atoms with van der Waals surface area (Å²) in [6.45, 7) is 3.18. The molecule has 1 saturated carbocycles. The molecule has 2 fully saturated rings. The summed E-state index contributed by atoms with van der Waals surface area (Å²) in [6.07, 6.45) is 8.72. The molecule has 2 aromatic heterocycles. The molecule has 0 unspecified atom stereocenters. The van der Waals surface area contributed by atoms with Gasteiger partial charge in [0.15, 0.2) is 16.7 Å². The number of hydrogen-bond donors (Lipinski definition) is 1. The molecule has 5 rings (SSSR count). The third kappa shape index (κ3) is 4.89. The molecule has 10 heteroatoms. The summed E-state index contributed by atoms with van der Waals surface area (Å²) in [5.41, 5.74) is 2.75. The van der Waals surface area contributed by atoms with Crippen LogP contribution in [0.1, 0.15) is 25.7 Å². The fourth-order valence-electron chi connectivity index (χ4n) is 4.46. The highest BCUT2D eigenvalue weighted by atomic mass is 35.5. The minimum atomic E-state index is 0.115. The van der Waals surface area contributed by atoms with Gasteiger partial charge in [-0.1, -0.05) is 11.6 Å². The Balaban J connectivity index is 1.28. The maximum Gasteiger partial charge on any atom is 0.198 e. The summed E-state index contributed by atoms with van der Waals surface area (Å²) in [5, 5.41) is 3.76. The van der Waals surface area contributed by atoms with Crippen LogP contribution in [0.2, 0.25) is 5.15 Å². The first kappa shape index (κ1) is 21.9. The first-order valence-electron chi connectivity index (χ1n) is 11.3. The van der Waals surface area contributed by atoms with Gasteiger partial charge in [-0.2, -0.15) is 0 Å². The predicted octanol–water partition coefficient (Wildman–Crippen LogP) is 3.72. The molecule has 174 valence electrons. The van der Waals surface area contributed by atoms with Crippen molar-refractivity contribution in [3.05, 3.63) is 36.0 Å². The molecule has 1 saturated heterocycles. The molecule has 0 bridgehead atoms. The van der Waals surface area contributed by atoms with Crippen molar-refractivity contribution in [2.24, 2.45) is 0 Å². The lowest BCUT2D eigenvalue weighted by Crippen LogP contribution is -2.36. The Morgan fingerprint density at radius 3 is 2.61 bits per heavy atom. The van der Waals surface area contributed by atoms with Crippen molar-refractivity contribution in [3.8, 4) is 11.5 Å². The topological polar surface area (TPSA) is 94.5 Å². The van der Waals surface area contributed by atoms with Gasteiger partial charge in [-0.25, -0.2) is 15.0 Å². The molecule has 0 amide bonds. The molecule has 2 aliphatic rings. The van der Waals surface area contributed by atoms with Crippen LogP contribution in [0.25, 0.3) is 11.0 Å². The first-order chi connectivity index (χ1) is 16.2. The van der Waals surface area contributed by atoms with Crippen LogP contribution in [0.3, 0.4) is 0 Å². The van der Waals surface area contributed by atoms with E-state index in [1.54, 1.807) is 19.5 Å². The third-order valence-electron chi connectivity index (χ3n) is 6.17. The Labute approximate surface area is 197 Å². The van der Waals surface area contributed by atoms with Gasteiger partial charge in [-0.15, -0.1) is 0 Å². The van der Waals surface area contributed by atoms with Crippen molar-refractivity contribution in [2.75, 3.05) is 43.6 Å². The molecule has 33 heavy (non-hydrogen) atoms. The van der Waals surface area contributed by atoms with Crippen LogP contribution in [0.5, 0.6) is 11.5 Å². The number of benzene rings is 1. The molecule has 3 aromatic rings. The molecule has 1 aliphatic heterocycles. The maximum absolute atomic E-state index is 6.50. The maximum atomic E-state index is 6.50. The smallest absolute Gasteiger partial charge is 0.198 e. The number of nitrogens with zero attached hydrogens (tertiary/aromatic N) is 5. The number of rotatable bonds is 6. The zero-order chi connectivity index (χ0) is 22.6. The van der Waals surface area contributed by atoms with Crippen molar-refractivity contribution in [3.63, 3.8) is 0 Å². The number of fused-ring (bicyclic) bond motifs is 1. The van der Waals surface area contributed by atoms with Gasteiger partial charge < -0.3 is 24.4 Å². The van der Waals surface area contributed by atoms with E-state index in [1.165, 1.54) is 6.33 Å². The number of halogens is 1. The summed E-state index contributed by atoms with van der Waals surface area (Å²) in [4.78, 5) is 19.7. The summed E-state index contributed by atoms with van der Waals surface area (Å²) in [5.74, 6) is 1.90. The summed E-state index contributed by atoms with van der Waals surface area (Å²) < 4.78 is 17.4. The fraction of sp³-hybridized carbons (Fsp3) is 0.478. The second-order valence-electron chi connectivity index (χ2n) is 8.25. The van der Waals surface area contributed by atoms with Crippen LogP contribution in [0, 0.1) is 0 Å². The summed E-state index contributed by atoms with van der Waals surface area (Å²) in [6, 6.07) is 4.45. The highest BCUT2D eigenvalue weighted by Gasteiger charge is 2.25. The van der Waals surface area contributed by atoms with E-state index in [9.17, 15) is 0 Å². The number of hydrogen-bond acceptors (Lipinski definition) is 9. The lowest BCUT2D eigenvalue weighted by molar-refractivity contribution is 0.122. The number of nitrogens with one attached hydrogen (secondary N) is 1. The van der Waals surface area contributed by atoms with Crippen molar-refractivity contribution in [1.82, 2.24) is 19.9 Å². The Morgan fingerprint density at radius 2 is 1.82 bits per heavy atom. The number of anilines is 2. The second kappa shape index (κ2) is 9.93.